The predicted molar refractivity (Wildman–Crippen MR) is 78.4 cm³/mol. The van der Waals surface area contributed by atoms with Gasteiger partial charge < -0.3 is 10.6 Å². The van der Waals surface area contributed by atoms with Crippen LogP contribution in [0.2, 0.25) is 0 Å². The van der Waals surface area contributed by atoms with Gasteiger partial charge in [0.25, 0.3) is 0 Å². The molecule has 3 nitrogen and oxygen atoms in total. The van der Waals surface area contributed by atoms with Crippen molar-refractivity contribution in [3.63, 3.8) is 0 Å². The molecule has 1 atom stereocenters. The summed E-state index contributed by atoms with van der Waals surface area (Å²) in [4.78, 5) is 14.2. The number of rotatable bonds is 10. The van der Waals surface area contributed by atoms with Crippen LogP contribution >= 0.6 is 0 Å². The maximum Gasteiger partial charge on any atom is 0.222 e. The SMILES string of the molecule is CCCCCN(C(=O)CCC(C)CCN)C(C)C. The second kappa shape index (κ2) is 10.4. The van der Waals surface area contributed by atoms with Gasteiger partial charge in [-0.2, -0.15) is 0 Å². The summed E-state index contributed by atoms with van der Waals surface area (Å²) in [6.45, 7) is 10.2. The van der Waals surface area contributed by atoms with Crippen LogP contribution in [0.15, 0.2) is 0 Å². The molecule has 0 saturated heterocycles. The zero-order chi connectivity index (χ0) is 14.0. The number of hydrogen-bond acceptors (Lipinski definition) is 2. The van der Waals surface area contributed by atoms with Crippen molar-refractivity contribution in [1.29, 1.82) is 0 Å². The van der Waals surface area contributed by atoms with Gasteiger partial charge >= 0.3 is 0 Å². The van der Waals surface area contributed by atoms with Crippen molar-refractivity contribution in [1.82, 2.24) is 4.90 Å². The number of amides is 1. The Balaban J connectivity index is 4.05. The van der Waals surface area contributed by atoms with Crippen LogP contribution in [0.25, 0.3) is 0 Å². The number of nitrogens with two attached hydrogens (primary N) is 1. The summed E-state index contributed by atoms with van der Waals surface area (Å²) < 4.78 is 0. The van der Waals surface area contributed by atoms with E-state index in [9.17, 15) is 4.79 Å². The van der Waals surface area contributed by atoms with Crippen molar-refractivity contribution >= 4 is 5.91 Å². The molecule has 0 rings (SSSR count). The lowest BCUT2D eigenvalue weighted by Gasteiger charge is -2.27. The third-order valence-corrected chi connectivity index (χ3v) is 3.46. The molecule has 0 spiro atoms. The molecular formula is C15H32N2O. The lowest BCUT2D eigenvalue weighted by atomic mass is 10.0. The van der Waals surface area contributed by atoms with Gasteiger partial charge in [-0.05, 0) is 45.6 Å². The molecule has 0 fully saturated rings. The molecule has 18 heavy (non-hydrogen) atoms. The minimum absolute atomic E-state index is 0.310. The standard InChI is InChI=1S/C15H32N2O/c1-5-6-7-12-17(13(2)3)15(18)9-8-14(4)10-11-16/h13-14H,5-12,16H2,1-4H3. The summed E-state index contributed by atoms with van der Waals surface area (Å²) in [5.41, 5.74) is 5.53. The molecule has 0 bridgehead atoms. The average molecular weight is 256 g/mol. The molecule has 0 aromatic heterocycles. The van der Waals surface area contributed by atoms with Crippen molar-refractivity contribution in [3.05, 3.63) is 0 Å². The number of hydrogen-bond donors (Lipinski definition) is 1. The first-order valence-electron chi connectivity index (χ1n) is 7.52. The van der Waals surface area contributed by atoms with E-state index in [-0.39, 0.29) is 0 Å². The van der Waals surface area contributed by atoms with Crippen LogP contribution in [-0.4, -0.2) is 29.9 Å². The largest absolute Gasteiger partial charge is 0.340 e. The number of carbonyl (C=O) groups excluding carboxylic acids is 1. The van der Waals surface area contributed by atoms with E-state index in [1.807, 2.05) is 4.90 Å². The minimum Gasteiger partial charge on any atom is -0.340 e. The second-order valence-corrected chi connectivity index (χ2v) is 5.61. The Bertz CT molecular complexity index is 217. The Kier molecular flexibility index (Phi) is 10.0. The normalized spacial score (nSPS) is 12.8. The Labute approximate surface area is 113 Å². The molecule has 1 amide bonds. The van der Waals surface area contributed by atoms with E-state index in [2.05, 4.69) is 27.7 Å². The first kappa shape index (κ1) is 17.4. The van der Waals surface area contributed by atoms with Crippen LogP contribution in [0.1, 0.15) is 66.2 Å². The summed E-state index contributed by atoms with van der Waals surface area (Å²) in [7, 11) is 0. The third-order valence-electron chi connectivity index (χ3n) is 3.46. The van der Waals surface area contributed by atoms with Gasteiger partial charge in [0.1, 0.15) is 0 Å². The highest BCUT2D eigenvalue weighted by Gasteiger charge is 2.16. The molecule has 0 aliphatic heterocycles. The minimum atomic E-state index is 0.310. The molecule has 3 heteroatoms. The van der Waals surface area contributed by atoms with E-state index in [4.69, 9.17) is 5.73 Å². The molecule has 0 aromatic rings. The van der Waals surface area contributed by atoms with E-state index in [0.29, 0.717) is 24.3 Å². The number of unbranched alkanes of at least 4 members (excludes halogenated alkanes) is 2. The topological polar surface area (TPSA) is 46.3 Å². The van der Waals surface area contributed by atoms with Gasteiger partial charge in [-0.1, -0.05) is 26.7 Å². The van der Waals surface area contributed by atoms with Crippen molar-refractivity contribution < 1.29 is 4.79 Å². The molecule has 0 aromatic carbocycles. The molecule has 108 valence electrons. The smallest absolute Gasteiger partial charge is 0.222 e. The first-order valence-corrected chi connectivity index (χ1v) is 7.52. The Morgan fingerprint density at radius 3 is 2.33 bits per heavy atom. The van der Waals surface area contributed by atoms with Crippen LogP contribution in [0.4, 0.5) is 0 Å². The number of nitrogens with zero attached hydrogens (tertiary/aromatic N) is 1. The van der Waals surface area contributed by atoms with Gasteiger partial charge in [0.15, 0.2) is 0 Å². The van der Waals surface area contributed by atoms with Crippen LogP contribution in [-0.2, 0) is 4.79 Å². The second-order valence-electron chi connectivity index (χ2n) is 5.61. The Morgan fingerprint density at radius 2 is 1.83 bits per heavy atom. The lowest BCUT2D eigenvalue weighted by Crippen LogP contribution is -2.37. The van der Waals surface area contributed by atoms with E-state index in [1.165, 1.54) is 12.8 Å². The van der Waals surface area contributed by atoms with E-state index < -0.39 is 0 Å². The third kappa shape index (κ3) is 7.70. The van der Waals surface area contributed by atoms with Crippen LogP contribution in [0.3, 0.4) is 0 Å². The monoisotopic (exact) mass is 256 g/mol. The fourth-order valence-corrected chi connectivity index (χ4v) is 2.15. The van der Waals surface area contributed by atoms with Crippen molar-refractivity contribution in [3.8, 4) is 0 Å². The van der Waals surface area contributed by atoms with Gasteiger partial charge in [-0.15, -0.1) is 0 Å². The maximum absolute atomic E-state index is 12.2. The Hall–Kier alpha value is -0.570. The lowest BCUT2D eigenvalue weighted by molar-refractivity contribution is -0.133. The molecule has 2 N–H and O–H groups in total. The molecule has 1 unspecified atom stereocenters. The van der Waals surface area contributed by atoms with E-state index in [1.54, 1.807) is 0 Å². The molecule has 0 saturated carbocycles. The van der Waals surface area contributed by atoms with Gasteiger partial charge in [0.05, 0.1) is 0 Å². The van der Waals surface area contributed by atoms with Gasteiger partial charge in [0, 0.05) is 19.0 Å². The predicted octanol–water partition coefficient (Wildman–Crippen LogP) is 3.18. The van der Waals surface area contributed by atoms with Crippen LogP contribution in [0, 0.1) is 5.92 Å². The molecule has 0 aliphatic rings. The van der Waals surface area contributed by atoms with Crippen LogP contribution < -0.4 is 5.73 Å². The molecule has 0 aliphatic carbocycles. The highest BCUT2D eigenvalue weighted by Crippen LogP contribution is 2.13. The summed E-state index contributed by atoms with van der Waals surface area (Å²) in [6, 6.07) is 0.319. The summed E-state index contributed by atoms with van der Waals surface area (Å²) in [5, 5.41) is 0. The molecular weight excluding hydrogens is 224 g/mol. The van der Waals surface area contributed by atoms with E-state index >= 15 is 0 Å². The average Bonchev–Trinajstić information content (AvgIpc) is 2.31. The van der Waals surface area contributed by atoms with Crippen LogP contribution in [0.5, 0.6) is 0 Å². The van der Waals surface area contributed by atoms with Crippen molar-refractivity contribution in [2.45, 2.75) is 72.3 Å². The highest BCUT2D eigenvalue weighted by molar-refractivity contribution is 5.76. The Morgan fingerprint density at radius 1 is 1.17 bits per heavy atom. The molecule has 0 radical (unpaired) electrons. The van der Waals surface area contributed by atoms with Gasteiger partial charge in [0.2, 0.25) is 5.91 Å². The summed E-state index contributed by atoms with van der Waals surface area (Å²) in [6.07, 6.45) is 6.19. The summed E-state index contributed by atoms with van der Waals surface area (Å²) in [5.74, 6) is 0.869. The fraction of sp³-hybridized carbons (Fsp3) is 0.933. The summed E-state index contributed by atoms with van der Waals surface area (Å²) >= 11 is 0. The van der Waals surface area contributed by atoms with Gasteiger partial charge in [-0.25, -0.2) is 0 Å². The number of carbonyl (C=O) groups is 1. The zero-order valence-electron chi connectivity index (χ0n) is 12.7. The van der Waals surface area contributed by atoms with Crippen molar-refractivity contribution in [2.24, 2.45) is 11.7 Å². The van der Waals surface area contributed by atoms with Crippen molar-refractivity contribution in [2.75, 3.05) is 13.1 Å². The highest BCUT2D eigenvalue weighted by atomic mass is 16.2. The maximum atomic E-state index is 12.2. The van der Waals surface area contributed by atoms with Gasteiger partial charge in [-0.3, -0.25) is 4.79 Å². The first-order chi connectivity index (χ1) is 8.52. The van der Waals surface area contributed by atoms with E-state index in [0.717, 1.165) is 32.4 Å². The zero-order valence-corrected chi connectivity index (χ0v) is 12.7. The molecule has 0 heterocycles. The quantitative estimate of drug-likeness (QED) is 0.610. The fourth-order valence-electron chi connectivity index (χ4n) is 2.15.